The van der Waals surface area contributed by atoms with E-state index in [-0.39, 0.29) is 17.3 Å². The van der Waals surface area contributed by atoms with Crippen LogP contribution < -0.4 is 15.0 Å². The number of aryl methyl sites for hydroxylation is 1. The summed E-state index contributed by atoms with van der Waals surface area (Å²) in [5, 5.41) is 4.71. The molecule has 1 fully saturated rings. The summed E-state index contributed by atoms with van der Waals surface area (Å²) >= 11 is 0. The van der Waals surface area contributed by atoms with Crippen LogP contribution in [0, 0.1) is 6.92 Å². The van der Waals surface area contributed by atoms with E-state index >= 15 is 0 Å². The highest BCUT2D eigenvalue weighted by molar-refractivity contribution is 7.90. The van der Waals surface area contributed by atoms with Gasteiger partial charge in [0.2, 0.25) is 0 Å². The van der Waals surface area contributed by atoms with Crippen molar-refractivity contribution in [1.29, 1.82) is 0 Å². The number of nitrogens with one attached hydrogen (secondary N) is 2. The number of aromatic nitrogens is 4. The highest BCUT2D eigenvalue weighted by Crippen LogP contribution is 2.31. The van der Waals surface area contributed by atoms with E-state index in [9.17, 15) is 13.2 Å². The Kier molecular flexibility index (Phi) is 9.91. The lowest BCUT2D eigenvalue weighted by atomic mass is 10.1. The van der Waals surface area contributed by atoms with Crippen LogP contribution in [0.5, 0.6) is 5.75 Å². The fourth-order valence-corrected chi connectivity index (χ4v) is 5.57. The Labute approximate surface area is 225 Å². The average molecular weight is 548 g/mol. The zero-order chi connectivity index (χ0) is 28.0. The molecule has 0 bridgehead atoms. The van der Waals surface area contributed by atoms with Crippen LogP contribution in [0.4, 0.5) is 5.69 Å². The highest BCUT2D eigenvalue weighted by Gasteiger charge is 2.27. The van der Waals surface area contributed by atoms with Crippen LogP contribution in [-0.2, 0) is 10.2 Å². The zero-order valence-electron chi connectivity index (χ0n) is 23.5. The van der Waals surface area contributed by atoms with Gasteiger partial charge in [0.1, 0.15) is 11.6 Å². The molecule has 3 aromatic rings. The first-order valence-electron chi connectivity index (χ1n) is 13.4. The van der Waals surface area contributed by atoms with Gasteiger partial charge < -0.3 is 14.6 Å². The molecule has 4 rings (SSSR count). The molecule has 0 saturated carbocycles. The molecular weight excluding hydrogens is 506 g/mol. The third-order valence-electron chi connectivity index (χ3n) is 6.65. The minimum Gasteiger partial charge on any atom is -0.493 e. The van der Waals surface area contributed by atoms with Crippen molar-refractivity contribution < 1.29 is 13.2 Å². The first kappa shape index (κ1) is 29.6. The lowest BCUT2D eigenvalue weighted by Gasteiger charge is -2.33. The monoisotopic (exact) mass is 547 g/mol. The molecule has 1 atom stereocenters. The summed E-state index contributed by atoms with van der Waals surface area (Å²) in [5.74, 6) is 1.57. The summed E-state index contributed by atoms with van der Waals surface area (Å²) in [6.07, 6.45) is 0.844. The number of rotatable bonds is 9. The fraction of sp³-hybridized carbons (Fsp3) is 0.577. The number of imidazole rings is 1. The van der Waals surface area contributed by atoms with Gasteiger partial charge in [-0.2, -0.15) is 12.7 Å². The second kappa shape index (κ2) is 12.7. The number of nitrogens with zero attached hydrogens (tertiary/aromatic N) is 5. The van der Waals surface area contributed by atoms with Crippen LogP contribution in [-0.4, -0.2) is 76.5 Å². The number of hydrogen-bond donors (Lipinski definition) is 2. The summed E-state index contributed by atoms with van der Waals surface area (Å²) in [6.45, 7) is 17.3. The van der Waals surface area contributed by atoms with Crippen LogP contribution in [0.3, 0.4) is 0 Å². The van der Waals surface area contributed by atoms with Crippen molar-refractivity contribution in [3.05, 3.63) is 40.1 Å². The van der Waals surface area contributed by atoms with E-state index in [1.807, 2.05) is 27.7 Å². The number of anilines is 1. The zero-order valence-corrected chi connectivity index (χ0v) is 24.4. The Morgan fingerprint density at radius 1 is 1.13 bits per heavy atom. The van der Waals surface area contributed by atoms with E-state index in [0.717, 1.165) is 13.0 Å². The van der Waals surface area contributed by atoms with Gasteiger partial charge in [0, 0.05) is 32.1 Å². The first-order valence-corrected chi connectivity index (χ1v) is 14.9. The van der Waals surface area contributed by atoms with Crippen molar-refractivity contribution in [2.24, 2.45) is 0 Å². The Bertz CT molecular complexity index is 1390. The molecule has 1 aliphatic rings. The van der Waals surface area contributed by atoms with Gasteiger partial charge in [-0.1, -0.05) is 34.6 Å². The molecule has 3 heterocycles. The van der Waals surface area contributed by atoms with Crippen LogP contribution in [0.15, 0.2) is 23.0 Å². The minimum atomic E-state index is -3.74. The van der Waals surface area contributed by atoms with Gasteiger partial charge in [0.05, 0.1) is 23.6 Å². The van der Waals surface area contributed by atoms with Crippen molar-refractivity contribution in [1.82, 2.24) is 28.8 Å². The summed E-state index contributed by atoms with van der Waals surface area (Å²) in [7, 11) is -3.74. The topological polar surface area (TPSA) is 125 Å². The second-order valence-corrected chi connectivity index (χ2v) is 10.7. The number of H-pyrrole nitrogens is 1. The van der Waals surface area contributed by atoms with Crippen molar-refractivity contribution in [2.75, 3.05) is 44.1 Å². The maximum atomic E-state index is 13.1. The molecule has 1 unspecified atom stereocenters. The van der Waals surface area contributed by atoms with Crippen LogP contribution >= 0.6 is 0 Å². The Morgan fingerprint density at radius 3 is 2.42 bits per heavy atom. The smallest absolute Gasteiger partial charge is 0.301 e. The van der Waals surface area contributed by atoms with Gasteiger partial charge in [-0.05, 0) is 45.0 Å². The lowest BCUT2D eigenvalue weighted by Crippen LogP contribution is -2.50. The summed E-state index contributed by atoms with van der Waals surface area (Å²) in [5.41, 5.74) is 1.53. The molecule has 38 heavy (non-hydrogen) atoms. The second-order valence-electron chi connectivity index (χ2n) is 9.01. The van der Waals surface area contributed by atoms with E-state index in [2.05, 4.69) is 33.4 Å². The summed E-state index contributed by atoms with van der Waals surface area (Å²) in [4.78, 5) is 22.7. The van der Waals surface area contributed by atoms with Crippen molar-refractivity contribution in [2.45, 2.75) is 60.8 Å². The Balaban J connectivity index is 0.00000195. The molecule has 2 aromatic heterocycles. The van der Waals surface area contributed by atoms with Crippen molar-refractivity contribution >= 4 is 21.4 Å². The van der Waals surface area contributed by atoms with E-state index in [1.165, 1.54) is 4.31 Å². The third kappa shape index (κ3) is 6.19. The van der Waals surface area contributed by atoms with Crippen LogP contribution in [0.2, 0.25) is 0 Å². The molecule has 12 heteroatoms. The molecule has 0 radical (unpaired) electrons. The standard InChI is InChI=1S/C24H35N7O4S.C2H6/c1-6-16(4)23-25-17(5)21-24(32)26-22(27-31(21)23)19-15-18(9-10-20(19)35-8-3)28-36(33,34)30-13-11-29(7-2)12-14-30;1-2/h9-10,15-16,28H,6-8,11-14H2,1-5H3,(H,26,27,32);1-2H3. The predicted octanol–water partition coefficient (Wildman–Crippen LogP) is 3.63. The number of aromatic amines is 1. The summed E-state index contributed by atoms with van der Waals surface area (Å²) < 4.78 is 37.7. The maximum Gasteiger partial charge on any atom is 0.301 e. The van der Waals surface area contributed by atoms with Gasteiger partial charge in [-0.15, -0.1) is 5.10 Å². The Morgan fingerprint density at radius 2 is 1.82 bits per heavy atom. The molecule has 210 valence electrons. The van der Waals surface area contributed by atoms with E-state index in [0.29, 0.717) is 66.8 Å². The van der Waals surface area contributed by atoms with Gasteiger partial charge in [-0.25, -0.2) is 9.50 Å². The maximum absolute atomic E-state index is 13.1. The normalized spacial score (nSPS) is 15.7. The van der Waals surface area contributed by atoms with E-state index in [1.54, 1.807) is 29.6 Å². The SMILES string of the molecule is CC.CCOc1ccc(NS(=O)(=O)N2CCN(CC)CC2)cc1-c1nn2c(C(C)CC)nc(C)c2c(=O)[nH]1. The Hall–Kier alpha value is -2.96. The predicted molar refractivity (Wildman–Crippen MR) is 151 cm³/mol. The number of fused-ring (bicyclic) bond motifs is 1. The van der Waals surface area contributed by atoms with Gasteiger partial charge >= 0.3 is 10.2 Å². The molecule has 1 aliphatic heterocycles. The molecule has 1 saturated heterocycles. The molecule has 0 spiro atoms. The molecule has 0 aliphatic carbocycles. The number of benzene rings is 1. The highest BCUT2D eigenvalue weighted by atomic mass is 32.2. The first-order chi connectivity index (χ1) is 18.2. The van der Waals surface area contributed by atoms with Gasteiger partial charge in [0.25, 0.3) is 5.56 Å². The fourth-order valence-electron chi connectivity index (χ4n) is 4.38. The molecule has 2 N–H and O–H groups in total. The third-order valence-corrected chi connectivity index (χ3v) is 8.19. The number of likely N-dealkylation sites (N-methyl/N-ethyl adjacent to an activating group) is 1. The summed E-state index contributed by atoms with van der Waals surface area (Å²) in [6, 6.07) is 4.98. The number of hydrogen-bond acceptors (Lipinski definition) is 7. The van der Waals surface area contributed by atoms with Crippen molar-refractivity contribution in [3.63, 3.8) is 0 Å². The van der Waals surface area contributed by atoms with Crippen molar-refractivity contribution in [3.8, 4) is 17.1 Å². The number of piperazine rings is 1. The quantitative estimate of drug-likeness (QED) is 0.419. The van der Waals surface area contributed by atoms with E-state index in [4.69, 9.17) is 9.84 Å². The van der Waals surface area contributed by atoms with Crippen LogP contribution in [0.1, 0.15) is 65.4 Å². The van der Waals surface area contributed by atoms with E-state index < -0.39 is 10.2 Å². The molecular formula is C26H41N7O4S. The minimum absolute atomic E-state index is 0.103. The van der Waals surface area contributed by atoms with Gasteiger partial charge in [-0.3, -0.25) is 9.52 Å². The largest absolute Gasteiger partial charge is 0.493 e. The molecule has 1 aromatic carbocycles. The van der Waals surface area contributed by atoms with Crippen LogP contribution in [0.25, 0.3) is 16.9 Å². The molecule has 11 nitrogen and oxygen atoms in total. The molecule has 0 amide bonds. The van der Waals surface area contributed by atoms with Gasteiger partial charge in [0.15, 0.2) is 11.3 Å². The average Bonchev–Trinajstić information content (AvgIpc) is 3.26. The number of ether oxygens (including phenoxy) is 1. The lowest BCUT2D eigenvalue weighted by molar-refractivity contribution is 0.197.